The predicted molar refractivity (Wildman–Crippen MR) is 137 cm³/mol. The van der Waals surface area contributed by atoms with E-state index in [1.54, 1.807) is 0 Å². The summed E-state index contributed by atoms with van der Waals surface area (Å²) < 4.78 is 6.51. The maximum absolute atomic E-state index is 13.3. The first kappa shape index (κ1) is 20.5. The van der Waals surface area contributed by atoms with Crippen LogP contribution in [-0.2, 0) is 9.53 Å². The summed E-state index contributed by atoms with van der Waals surface area (Å²) >= 11 is 21.1. The molecule has 0 aromatic heterocycles. The van der Waals surface area contributed by atoms with Gasteiger partial charge in [0.15, 0.2) is 0 Å². The Labute approximate surface area is 221 Å². The van der Waals surface area contributed by atoms with Crippen molar-refractivity contribution in [1.29, 1.82) is 0 Å². The van der Waals surface area contributed by atoms with Crippen LogP contribution in [0.5, 0.6) is 0 Å². The van der Waals surface area contributed by atoms with Crippen molar-refractivity contribution in [2.24, 2.45) is 33.5 Å². The van der Waals surface area contributed by atoms with Gasteiger partial charge in [0.05, 0.1) is 7.90 Å². The first-order valence-electron chi connectivity index (χ1n) is 9.65. The molecule has 1 heterocycles. The molecule has 2 nitrogen and oxygen atoms in total. The Hall–Kier alpha value is 2.85. The highest BCUT2D eigenvalue weighted by Gasteiger charge is 2.89. The van der Waals surface area contributed by atoms with Crippen molar-refractivity contribution < 1.29 is 9.53 Å². The number of hydrogen-bond acceptors (Lipinski definition) is 2. The van der Waals surface area contributed by atoms with E-state index in [-0.39, 0.29) is 36.2 Å². The van der Waals surface area contributed by atoms with E-state index >= 15 is 0 Å². The number of alkyl halides is 6. The van der Waals surface area contributed by atoms with E-state index in [4.69, 9.17) is 4.74 Å². The summed E-state index contributed by atoms with van der Waals surface area (Å²) in [5, 5.41) is 0. The molecule has 6 aliphatic rings. The highest BCUT2D eigenvalue weighted by Crippen LogP contribution is 2.89. The minimum absolute atomic E-state index is 0.00869. The van der Waals surface area contributed by atoms with Gasteiger partial charge in [0.1, 0.15) is 11.5 Å². The summed E-state index contributed by atoms with van der Waals surface area (Å²) in [6.07, 6.45) is 8.11. The Balaban J connectivity index is 1.52. The molecule has 6 fully saturated rings. The number of fused-ring (bicyclic) bond motifs is 6. The van der Waals surface area contributed by atoms with Crippen molar-refractivity contribution >= 4 is 115 Å². The smallest absolute Gasteiger partial charge is 0.315 e. The summed E-state index contributed by atoms with van der Waals surface area (Å²) in [5.41, 5.74) is 0.167. The lowest BCUT2D eigenvalue weighted by Crippen LogP contribution is -2.44. The number of esters is 1. The van der Waals surface area contributed by atoms with Crippen LogP contribution in [0.4, 0.5) is 0 Å². The Morgan fingerprint density at radius 1 is 0.963 bits per heavy atom. The Morgan fingerprint density at radius 2 is 1.52 bits per heavy atom. The molecular formula is C19H20Br4I2O2. The molecule has 0 radical (unpaired) electrons. The number of halogens is 6. The van der Waals surface area contributed by atoms with Crippen LogP contribution in [0.1, 0.15) is 51.9 Å². The van der Waals surface area contributed by atoms with Crippen molar-refractivity contribution in [2.45, 2.75) is 65.9 Å². The molecule has 3 spiro atoms. The molecule has 27 heavy (non-hydrogen) atoms. The first-order valence-corrected chi connectivity index (χ1v) is 15.0. The zero-order valence-corrected chi connectivity index (χ0v) is 25.4. The van der Waals surface area contributed by atoms with Gasteiger partial charge in [0, 0.05) is 22.2 Å². The van der Waals surface area contributed by atoms with Crippen LogP contribution in [-0.4, -0.2) is 20.0 Å². The average Bonchev–Trinajstić information content (AvgIpc) is 3.37. The third-order valence-electron chi connectivity index (χ3n) is 9.55. The minimum atomic E-state index is -0.294. The Kier molecular flexibility index (Phi) is 4.03. The van der Waals surface area contributed by atoms with Crippen LogP contribution < -0.4 is 0 Å². The normalized spacial score (nSPS) is 60.1. The molecule has 6 rings (SSSR count). The largest absolute Gasteiger partial charge is 0.461 e. The summed E-state index contributed by atoms with van der Waals surface area (Å²) in [6.45, 7) is 2.39. The predicted octanol–water partition coefficient (Wildman–Crippen LogP) is 7.45. The topological polar surface area (TPSA) is 26.3 Å². The third-order valence-corrected chi connectivity index (χ3v) is 16.4. The zero-order valence-electron chi connectivity index (χ0n) is 14.8. The van der Waals surface area contributed by atoms with Crippen molar-refractivity contribution in [2.75, 3.05) is 0 Å². The summed E-state index contributed by atoms with van der Waals surface area (Å²) in [6, 6.07) is 0. The summed E-state index contributed by atoms with van der Waals surface area (Å²) in [4.78, 5) is 13.3. The number of carbonyl (C=O) groups excluding carboxylic acids is 1. The Bertz CT molecular complexity index is 803. The van der Waals surface area contributed by atoms with Crippen LogP contribution in [0.3, 0.4) is 0 Å². The quantitative estimate of drug-likeness (QED) is 0.144. The Morgan fingerprint density at radius 3 is 2.00 bits per heavy atom. The zero-order chi connectivity index (χ0) is 19.5. The molecule has 1 aliphatic heterocycles. The second-order valence-corrected chi connectivity index (χ2v) is 23.6. The fourth-order valence-corrected chi connectivity index (χ4v) is 14.4. The van der Waals surface area contributed by atoms with Crippen LogP contribution in [0.15, 0.2) is 0 Å². The van der Waals surface area contributed by atoms with Crippen LogP contribution in [0, 0.1) is 33.5 Å². The van der Waals surface area contributed by atoms with Gasteiger partial charge in [-0.05, 0) is 50.9 Å². The lowest BCUT2D eigenvalue weighted by molar-refractivity contribution is -0.148. The van der Waals surface area contributed by atoms with Gasteiger partial charge in [-0.25, -0.2) is 0 Å². The van der Waals surface area contributed by atoms with Gasteiger partial charge in [-0.15, -0.1) is 0 Å². The molecule has 0 bridgehead atoms. The fourth-order valence-electron chi connectivity index (χ4n) is 7.72. The molecule has 1 saturated heterocycles. The summed E-state index contributed by atoms with van der Waals surface area (Å²) in [5.74, 6) is 1.14. The van der Waals surface area contributed by atoms with Crippen LogP contribution in [0.2, 0.25) is 0 Å². The maximum Gasteiger partial charge on any atom is 0.315 e. The van der Waals surface area contributed by atoms with E-state index in [0.29, 0.717) is 17.3 Å². The molecule has 8 heteroatoms. The molecule has 0 aromatic carbocycles. The molecular weight excluding hydrogens is 834 g/mol. The molecule has 0 unspecified atom stereocenters. The van der Waals surface area contributed by atoms with E-state index in [9.17, 15) is 4.79 Å². The monoisotopic (exact) mass is 850 g/mol. The molecule has 7 atom stereocenters. The summed E-state index contributed by atoms with van der Waals surface area (Å²) in [7, 11) is 0. The highest BCUT2D eigenvalue weighted by atomic mass is 127. The molecule has 5 saturated carbocycles. The minimum Gasteiger partial charge on any atom is -0.461 e. The third kappa shape index (κ3) is 2.09. The van der Waals surface area contributed by atoms with Crippen molar-refractivity contribution in [3.05, 3.63) is 0 Å². The van der Waals surface area contributed by atoms with Crippen molar-refractivity contribution in [1.82, 2.24) is 0 Å². The fraction of sp³-hybridized carbons (Fsp3) is 0.947. The number of ether oxygens (including phenoxy) is 1. The van der Waals surface area contributed by atoms with Gasteiger partial charge in [-0.2, -0.15) is 0 Å². The highest BCUT2D eigenvalue weighted by molar-refractivity contribution is 14.2. The van der Waals surface area contributed by atoms with E-state index in [0.717, 1.165) is 19.3 Å². The van der Waals surface area contributed by atoms with Crippen LogP contribution in [0.25, 0.3) is 0 Å². The molecule has 0 amide bonds. The number of rotatable bonds is 0. The lowest BCUT2D eigenvalue weighted by atomic mass is 9.65. The number of hydrogen-bond donors (Lipinski definition) is 0. The second-order valence-electron chi connectivity index (χ2n) is 10.3. The van der Waals surface area contributed by atoms with Gasteiger partial charge in [0.25, 0.3) is 0 Å². The molecule has 0 N–H and O–H groups in total. The molecule has 150 valence electrons. The standard InChI is InChI=1S/C19H20Br4I2O2/c1-13-4-5-14(6-17(14,20)21)9-2-3-15(7-18(15,22)23)10(9)11(13)27-12(26)16(13)8-19(16,24)25/h9-11H,2-8H2,1H3/t9-,10+,11-,13-,14+,15+,16-/m1/s1. The van der Waals surface area contributed by atoms with Crippen molar-refractivity contribution in [3.63, 3.8) is 0 Å². The van der Waals surface area contributed by atoms with Gasteiger partial charge < -0.3 is 4.74 Å². The SMILES string of the molecule is C[C@@]12CC[C@]3(CC3(Br)Br)[C@@H]3CC[C@]4(CC4(Br)Br)[C@@H]3[C@H]1OC(=O)[C@]21CC1(I)I. The number of carbonyl (C=O) groups is 1. The average molecular weight is 854 g/mol. The van der Waals surface area contributed by atoms with Gasteiger partial charge in [-0.1, -0.05) is 116 Å². The van der Waals surface area contributed by atoms with Gasteiger partial charge in [-0.3, -0.25) is 4.79 Å². The van der Waals surface area contributed by atoms with Gasteiger partial charge in [0.2, 0.25) is 0 Å². The maximum atomic E-state index is 13.3. The van der Waals surface area contributed by atoms with E-state index in [1.165, 1.54) is 25.7 Å². The van der Waals surface area contributed by atoms with E-state index in [1.807, 2.05) is 0 Å². The van der Waals surface area contributed by atoms with Crippen molar-refractivity contribution in [3.8, 4) is 0 Å². The molecule has 0 aromatic rings. The lowest BCUT2D eigenvalue weighted by Gasteiger charge is -2.39. The van der Waals surface area contributed by atoms with Gasteiger partial charge >= 0.3 is 5.97 Å². The van der Waals surface area contributed by atoms with E-state index in [2.05, 4.69) is 116 Å². The van der Waals surface area contributed by atoms with E-state index < -0.39 is 0 Å². The first-order chi connectivity index (χ1) is 12.3. The molecule has 5 aliphatic carbocycles. The van der Waals surface area contributed by atoms with Crippen LogP contribution >= 0.6 is 109 Å². The second kappa shape index (κ2) is 5.32.